The Labute approximate surface area is 137 Å². The van der Waals surface area contributed by atoms with Crippen LogP contribution in [-0.2, 0) is 13.0 Å². The number of rotatable bonds is 3. The van der Waals surface area contributed by atoms with E-state index in [2.05, 4.69) is 35.8 Å². The van der Waals surface area contributed by atoms with Crippen LogP contribution in [-0.4, -0.2) is 13.1 Å². The van der Waals surface area contributed by atoms with Crippen LogP contribution in [0.25, 0.3) is 0 Å². The van der Waals surface area contributed by atoms with E-state index in [0.29, 0.717) is 12.5 Å². The molecule has 1 atom stereocenters. The Bertz CT molecular complexity index is 630. The monoisotopic (exact) mass is 320 g/mol. The Kier molecular flexibility index (Phi) is 5.81. The van der Waals surface area contributed by atoms with Gasteiger partial charge in [-0.2, -0.15) is 0 Å². The van der Waals surface area contributed by atoms with Crippen molar-refractivity contribution in [2.75, 3.05) is 18.4 Å². The maximum atomic E-state index is 13.2. The van der Waals surface area contributed by atoms with Crippen molar-refractivity contribution < 1.29 is 4.39 Å². The van der Waals surface area contributed by atoms with Crippen LogP contribution in [0.2, 0.25) is 0 Å². The van der Waals surface area contributed by atoms with Gasteiger partial charge in [-0.3, -0.25) is 0 Å². The summed E-state index contributed by atoms with van der Waals surface area (Å²) in [4.78, 5) is 0. The van der Waals surface area contributed by atoms with E-state index < -0.39 is 0 Å². The fraction of sp³-hybridized carbons (Fsp3) is 0.333. The zero-order valence-corrected chi connectivity index (χ0v) is 13.5. The zero-order valence-electron chi connectivity index (χ0n) is 12.7. The van der Waals surface area contributed by atoms with Crippen LogP contribution in [0.4, 0.5) is 10.1 Å². The third kappa shape index (κ3) is 3.99. The Morgan fingerprint density at radius 3 is 2.91 bits per heavy atom. The van der Waals surface area contributed by atoms with Crippen molar-refractivity contribution in [1.29, 1.82) is 0 Å². The van der Waals surface area contributed by atoms with Gasteiger partial charge in [-0.25, -0.2) is 4.39 Å². The van der Waals surface area contributed by atoms with E-state index in [4.69, 9.17) is 0 Å². The Morgan fingerprint density at radius 2 is 2.09 bits per heavy atom. The summed E-state index contributed by atoms with van der Waals surface area (Å²) in [6.45, 7) is 4.98. The highest BCUT2D eigenvalue weighted by Crippen LogP contribution is 2.26. The average molecular weight is 321 g/mol. The molecular formula is C18H22ClFN2. The van der Waals surface area contributed by atoms with E-state index in [1.807, 2.05) is 6.07 Å². The van der Waals surface area contributed by atoms with E-state index in [-0.39, 0.29) is 18.2 Å². The molecule has 0 aliphatic carbocycles. The molecule has 1 heterocycles. The lowest BCUT2D eigenvalue weighted by Gasteiger charge is -2.15. The highest BCUT2D eigenvalue weighted by atomic mass is 35.5. The van der Waals surface area contributed by atoms with Crippen molar-refractivity contribution in [2.45, 2.75) is 25.8 Å². The fourth-order valence-electron chi connectivity index (χ4n) is 2.89. The minimum Gasteiger partial charge on any atom is -0.381 e. The van der Waals surface area contributed by atoms with E-state index in [0.717, 1.165) is 30.8 Å². The number of benzene rings is 2. The van der Waals surface area contributed by atoms with Gasteiger partial charge in [0.25, 0.3) is 0 Å². The fourth-order valence-corrected chi connectivity index (χ4v) is 2.89. The lowest BCUT2D eigenvalue weighted by Crippen LogP contribution is -2.18. The molecule has 4 heteroatoms. The van der Waals surface area contributed by atoms with Crippen molar-refractivity contribution in [3.05, 3.63) is 65.0 Å². The van der Waals surface area contributed by atoms with E-state index in [1.54, 1.807) is 12.1 Å². The smallest absolute Gasteiger partial charge is 0.123 e. The molecule has 0 spiro atoms. The molecule has 0 saturated heterocycles. The van der Waals surface area contributed by atoms with Crippen LogP contribution in [0.15, 0.2) is 42.5 Å². The van der Waals surface area contributed by atoms with E-state index in [9.17, 15) is 4.39 Å². The van der Waals surface area contributed by atoms with Gasteiger partial charge in [-0.15, -0.1) is 12.4 Å². The third-order valence-corrected chi connectivity index (χ3v) is 4.08. The normalized spacial score (nSPS) is 17.1. The molecule has 22 heavy (non-hydrogen) atoms. The van der Waals surface area contributed by atoms with Gasteiger partial charge < -0.3 is 10.6 Å². The van der Waals surface area contributed by atoms with Gasteiger partial charge in [-0.1, -0.05) is 25.1 Å². The molecule has 118 valence electrons. The first-order valence-electron chi connectivity index (χ1n) is 7.54. The van der Waals surface area contributed by atoms with Gasteiger partial charge in [-0.05, 0) is 59.8 Å². The summed E-state index contributed by atoms with van der Waals surface area (Å²) >= 11 is 0. The SMILES string of the molecule is CC1CNCCc2ccc(NCc3cccc(F)c3)cc21.Cl. The third-order valence-electron chi connectivity index (χ3n) is 4.08. The molecule has 0 saturated carbocycles. The minimum absolute atomic E-state index is 0. The summed E-state index contributed by atoms with van der Waals surface area (Å²) < 4.78 is 13.2. The van der Waals surface area contributed by atoms with Gasteiger partial charge in [0.05, 0.1) is 0 Å². The van der Waals surface area contributed by atoms with E-state index >= 15 is 0 Å². The molecule has 2 aromatic rings. The highest BCUT2D eigenvalue weighted by molar-refractivity contribution is 5.85. The standard InChI is InChI=1S/C18H21FN2.ClH/c1-13-11-20-8-7-15-5-6-17(10-18(13)15)21-12-14-3-2-4-16(19)9-14;/h2-6,9-10,13,20-21H,7-8,11-12H2,1H3;1H. The lowest BCUT2D eigenvalue weighted by molar-refractivity contribution is 0.626. The molecule has 2 nitrogen and oxygen atoms in total. The predicted molar refractivity (Wildman–Crippen MR) is 92.4 cm³/mol. The van der Waals surface area contributed by atoms with Gasteiger partial charge in [0.15, 0.2) is 0 Å². The molecule has 0 amide bonds. The summed E-state index contributed by atoms with van der Waals surface area (Å²) in [5, 5.41) is 6.86. The van der Waals surface area contributed by atoms with Crippen molar-refractivity contribution in [3.8, 4) is 0 Å². The van der Waals surface area contributed by atoms with Crippen molar-refractivity contribution in [1.82, 2.24) is 5.32 Å². The van der Waals surface area contributed by atoms with Crippen molar-refractivity contribution in [3.63, 3.8) is 0 Å². The maximum Gasteiger partial charge on any atom is 0.123 e. The molecule has 0 radical (unpaired) electrons. The van der Waals surface area contributed by atoms with Crippen LogP contribution in [0.5, 0.6) is 0 Å². The Hall–Kier alpha value is -1.58. The van der Waals surface area contributed by atoms with Crippen LogP contribution in [0, 0.1) is 5.82 Å². The molecule has 2 aromatic carbocycles. The second-order valence-electron chi connectivity index (χ2n) is 5.75. The largest absolute Gasteiger partial charge is 0.381 e. The van der Waals surface area contributed by atoms with Crippen LogP contribution in [0.1, 0.15) is 29.5 Å². The Morgan fingerprint density at radius 1 is 1.23 bits per heavy atom. The molecular weight excluding hydrogens is 299 g/mol. The number of hydrogen-bond acceptors (Lipinski definition) is 2. The van der Waals surface area contributed by atoms with Gasteiger partial charge in [0.2, 0.25) is 0 Å². The van der Waals surface area contributed by atoms with Crippen molar-refractivity contribution >= 4 is 18.1 Å². The highest BCUT2D eigenvalue weighted by Gasteiger charge is 2.14. The number of halogens is 2. The van der Waals surface area contributed by atoms with Crippen LogP contribution >= 0.6 is 12.4 Å². The molecule has 1 aliphatic heterocycles. The maximum absolute atomic E-state index is 13.2. The minimum atomic E-state index is -0.184. The first kappa shape index (κ1) is 16.8. The molecule has 1 aliphatic rings. The molecule has 0 fully saturated rings. The predicted octanol–water partition coefficient (Wildman–Crippen LogP) is 4.11. The van der Waals surface area contributed by atoms with Gasteiger partial charge >= 0.3 is 0 Å². The molecule has 1 unspecified atom stereocenters. The molecule has 0 aromatic heterocycles. The number of hydrogen-bond donors (Lipinski definition) is 2. The summed E-state index contributed by atoms with van der Waals surface area (Å²) in [5.74, 6) is 0.342. The molecule has 3 rings (SSSR count). The topological polar surface area (TPSA) is 24.1 Å². The number of fused-ring (bicyclic) bond motifs is 1. The summed E-state index contributed by atoms with van der Waals surface area (Å²) in [7, 11) is 0. The summed E-state index contributed by atoms with van der Waals surface area (Å²) in [6, 6.07) is 13.3. The van der Waals surface area contributed by atoms with E-state index in [1.165, 1.54) is 17.2 Å². The quantitative estimate of drug-likeness (QED) is 0.889. The first-order valence-corrected chi connectivity index (χ1v) is 7.54. The van der Waals surface area contributed by atoms with Gasteiger partial charge in [0.1, 0.15) is 5.82 Å². The van der Waals surface area contributed by atoms with Crippen LogP contribution < -0.4 is 10.6 Å². The number of anilines is 1. The zero-order chi connectivity index (χ0) is 14.7. The molecule has 2 N–H and O–H groups in total. The summed E-state index contributed by atoms with van der Waals surface area (Å²) in [6.07, 6.45) is 1.09. The molecule has 0 bridgehead atoms. The second-order valence-corrected chi connectivity index (χ2v) is 5.75. The lowest BCUT2D eigenvalue weighted by atomic mass is 9.95. The number of nitrogens with one attached hydrogen (secondary N) is 2. The van der Waals surface area contributed by atoms with Crippen molar-refractivity contribution in [2.24, 2.45) is 0 Å². The summed E-state index contributed by atoms with van der Waals surface area (Å²) in [5.41, 5.74) is 4.92. The van der Waals surface area contributed by atoms with Gasteiger partial charge in [0, 0.05) is 18.8 Å². The first-order chi connectivity index (χ1) is 10.2. The Balaban J connectivity index is 0.00000176. The average Bonchev–Trinajstić information content (AvgIpc) is 2.67. The second kappa shape index (κ2) is 7.61. The van der Waals surface area contributed by atoms with Crippen LogP contribution in [0.3, 0.4) is 0 Å².